The fourth-order valence-electron chi connectivity index (χ4n) is 1.42. The fourth-order valence-corrected chi connectivity index (χ4v) is 1.42. The topological polar surface area (TPSA) is 99.4 Å². The molecular formula is C11H18N4O4. The summed E-state index contributed by atoms with van der Waals surface area (Å²) in [6.45, 7) is 4.04. The molecule has 8 nitrogen and oxygen atoms in total. The minimum atomic E-state index is -0.555. The SMILES string of the molecule is CCC(C)Nc1nc(COC)nc(OC)c1[N+](=O)[O-]. The van der Waals surface area contributed by atoms with Gasteiger partial charge in [0.05, 0.1) is 12.0 Å². The van der Waals surface area contributed by atoms with E-state index in [4.69, 9.17) is 9.47 Å². The summed E-state index contributed by atoms with van der Waals surface area (Å²) in [4.78, 5) is 18.6. The zero-order chi connectivity index (χ0) is 14.4. The number of hydrogen-bond donors (Lipinski definition) is 1. The van der Waals surface area contributed by atoms with Crippen molar-refractivity contribution in [2.24, 2.45) is 0 Å². The van der Waals surface area contributed by atoms with E-state index in [1.165, 1.54) is 14.2 Å². The molecule has 0 spiro atoms. The van der Waals surface area contributed by atoms with Gasteiger partial charge in [-0.3, -0.25) is 10.1 Å². The highest BCUT2D eigenvalue weighted by Crippen LogP contribution is 2.32. The maximum absolute atomic E-state index is 11.1. The Balaban J connectivity index is 3.28. The van der Waals surface area contributed by atoms with E-state index in [9.17, 15) is 10.1 Å². The summed E-state index contributed by atoms with van der Waals surface area (Å²) in [5, 5.41) is 14.1. The molecule has 1 aromatic rings. The summed E-state index contributed by atoms with van der Waals surface area (Å²) in [5.74, 6) is 0.409. The van der Waals surface area contributed by atoms with Gasteiger partial charge in [-0.1, -0.05) is 6.92 Å². The van der Waals surface area contributed by atoms with Crippen molar-refractivity contribution < 1.29 is 14.4 Å². The second-order valence-electron chi connectivity index (χ2n) is 3.99. The average Bonchev–Trinajstić information content (AvgIpc) is 2.37. The van der Waals surface area contributed by atoms with Crippen molar-refractivity contribution in [1.29, 1.82) is 0 Å². The molecular weight excluding hydrogens is 252 g/mol. The van der Waals surface area contributed by atoms with Crippen molar-refractivity contribution in [3.05, 3.63) is 15.9 Å². The van der Waals surface area contributed by atoms with Gasteiger partial charge in [-0.15, -0.1) is 0 Å². The van der Waals surface area contributed by atoms with Crippen LogP contribution in [0.15, 0.2) is 0 Å². The third-order valence-electron chi connectivity index (χ3n) is 2.54. The Bertz CT molecular complexity index is 453. The molecule has 1 rings (SSSR count). The van der Waals surface area contributed by atoms with Crippen molar-refractivity contribution in [3.8, 4) is 5.88 Å². The number of methoxy groups -OCH3 is 2. The van der Waals surface area contributed by atoms with E-state index in [0.717, 1.165) is 6.42 Å². The fraction of sp³-hybridized carbons (Fsp3) is 0.636. The van der Waals surface area contributed by atoms with Gasteiger partial charge in [0.1, 0.15) is 6.61 Å². The molecule has 8 heteroatoms. The molecule has 1 heterocycles. The molecule has 0 aliphatic rings. The minimum Gasteiger partial charge on any atom is -0.476 e. The van der Waals surface area contributed by atoms with Crippen LogP contribution in [0.3, 0.4) is 0 Å². The largest absolute Gasteiger partial charge is 0.476 e. The molecule has 0 aliphatic heterocycles. The second-order valence-corrected chi connectivity index (χ2v) is 3.99. The number of hydrogen-bond acceptors (Lipinski definition) is 7. The van der Waals surface area contributed by atoms with Crippen molar-refractivity contribution in [1.82, 2.24) is 9.97 Å². The van der Waals surface area contributed by atoms with Crippen molar-refractivity contribution in [2.75, 3.05) is 19.5 Å². The Morgan fingerprint density at radius 2 is 2.11 bits per heavy atom. The van der Waals surface area contributed by atoms with E-state index in [1.807, 2.05) is 13.8 Å². The number of nitro groups is 1. The lowest BCUT2D eigenvalue weighted by atomic mass is 10.2. The zero-order valence-electron chi connectivity index (χ0n) is 11.5. The van der Waals surface area contributed by atoms with E-state index < -0.39 is 4.92 Å². The van der Waals surface area contributed by atoms with Crippen LogP contribution in [0.1, 0.15) is 26.1 Å². The number of ether oxygens (including phenoxy) is 2. The standard InChI is InChI=1S/C11H18N4O4/c1-5-7(2)12-10-9(15(16)17)11(19-4)14-8(13-10)6-18-3/h7H,5-6H2,1-4H3,(H,12,13,14). The molecule has 0 saturated carbocycles. The minimum absolute atomic E-state index is 0.0497. The van der Waals surface area contributed by atoms with E-state index in [2.05, 4.69) is 15.3 Å². The molecule has 0 saturated heterocycles. The first-order chi connectivity index (χ1) is 9.03. The van der Waals surface area contributed by atoms with Crippen molar-refractivity contribution in [2.45, 2.75) is 32.9 Å². The molecule has 0 amide bonds. The number of rotatable bonds is 7. The highest BCUT2D eigenvalue weighted by Gasteiger charge is 2.26. The molecule has 1 aromatic heterocycles. The van der Waals surface area contributed by atoms with Gasteiger partial charge in [-0.2, -0.15) is 4.98 Å². The lowest BCUT2D eigenvalue weighted by Crippen LogP contribution is -2.17. The number of nitrogens with one attached hydrogen (secondary N) is 1. The van der Waals surface area contributed by atoms with Gasteiger partial charge in [0.15, 0.2) is 5.82 Å². The maximum Gasteiger partial charge on any atom is 0.372 e. The van der Waals surface area contributed by atoms with Gasteiger partial charge < -0.3 is 14.8 Å². The van der Waals surface area contributed by atoms with E-state index in [1.54, 1.807) is 0 Å². The van der Waals surface area contributed by atoms with Crippen LogP contribution in [0.4, 0.5) is 11.5 Å². The van der Waals surface area contributed by atoms with Crippen molar-refractivity contribution in [3.63, 3.8) is 0 Å². The van der Waals surface area contributed by atoms with E-state index >= 15 is 0 Å². The lowest BCUT2D eigenvalue weighted by molar-refractivity contribution is -0.385. The van der Waals surface area contributed by atoms with Crippen LogP contribution in [-0.2, 0) is 11.3 Å². The van der Waals surface area contributed by atoms with E-state index in [0.29, 0.717) is 5.82 Å². The van der Waals surface area contributed by atoms with Crippen LogP contribution in [0, 0.1) is 10.1 Å². The Morgan fingerprint density at radius 3 is 2.58 bits per heavy atom. The van der Waals surface area contributed by atoms with Gasteiger partial charge in [-0.25, -0.2) is 4.98 Å². The van der Waals surface area contributed by atoms with Gasteiger partial charge in [0.25, 0.3) is 5.88 Å². The third-order valence-corrected chi connectivity index (χ3v) is 2.54. The lowest BCUT2D eigenvalue weighted by Gasteiger charge is -2.14. The summed E-state index contributed by atoms with van der Waals surface area (Å²) in [5.41, 5.74) is -0.261. The molecule has 106 valence electrons. The Hall–Kier alpha value is -1.96. The van der Waals surface area contributed by atoms with Crippen molar-refractivity contribution >= 4 is 11.5 Å². The summed E-state index contributed by atoms with van der Waals surface area (Å²) in [6, 6.07) is 0.0497. The quantitative estimate of drug-likeness (QED) is 0.595. The first kappa shape index (κ1) is 15.1. The summed E-state index contributed by atoms with van der Waals surface area (Å²) >= 11 is 0. The van der Waals surface area contributed by atoms with Crippen LogP contribution in [0.2, 0.25) is 0 Å². The Morgan fingerprint density at radius 1 is 1.42 bits per heavy atom. The van der Waals surface area contributed by atoms with Crippen LogP contribution >= 0.6 is 0 Å². The predicted octanol–water partition coefficient (Wildman–Crippen LogP) is 1.75. The van der Waals surface area contributed by atoms with Crippen LogP contribution < -0.4 is 10.1 Å². The Kier molecular flexibility index (Phi) is 5.43. The first-order valence-corrected chi connectivity index (χ1v) is 5.88. The summed E-state index contributed by atoms with van der Waals surface area (Å²) < 4.78 is 9.90. The second kappa shape index (κ2) is 6.83. The maximum atomic E-state index is 11.1. The third kappa shape index (κ3) is 3.75. The van der Waals surface area contributed by atoms with Gasteiger partial charge in [0.2, 0.25) is 5.82 Å². The normalized spacial score (nSPS) is 12.0. The van der Waals surface area contributed by atoms with Gasteiger partial charge in [0, 0.05) is 13.2 Å². The van der Waals surface area contributed by atoms with Crippen LogP contribution in [0.5, 0.6) is 5.88 Å². The molecule has 1 N–H and O–H groups in total. The monoisotopic (exact) mass is 270 g/mol. The zero-order valence-corrected chi connectivity index (χ0v) is 11.5. The number of nitrogens with zero attached hydrogens (tertiary/aromatic N) is 3. The van der Waals surface area contributed by atoms with E-state index in [-0.39, 0.29) is 30.0 Å². The highest BCUT2D eigenvalue weighted by atomic mass is 16.6. The molecule has 0 radical (unpaired) electrons. The van der Waals surface area contributed by atoms with Crippen LogP contribution in [0.25, 0.3) is 0 Å². The molecule has 1 unspecified atom stereocenters. The smallest absolute Gasteiger partial charge is 0.372 e. The molecule has 0 fully saturated rings. The predicted molar refractivity (Wildman–Crippen MR) is 69.3 cm³/mol. The van der Waals surface area contributed by atoms with Gasteiger partial charge >= 0.3 is 5.69 Å². The van der Waals surface area contributed by atoms with Gasteiger partial charge in [-0.05, 0) is 13.3 Å². The molecule has 1 atom stereocenters. The molecule has 0 aliphatic carbocycles. The number of anilines is 1. The first-order valence-electron chi connectivity index (χ1n) is 5.88. The molecule has 0 bridgehead atoms. The average molecular weight is 270 g/mol. The summed E-state index contributed by atoms with van der Waals surface area (Å²) in [6.07, 6.45) is 0.809. The van der Waals surface area contributed by atoms with Crippen LogP contribution in [-0.4, -0.2) is 35.2 Å². The summed E-state index contributed by atoms with van der Waals surface area (Å²) in [7, 11) is 2.83. The number of aromatic nitrogens is 2. The Labute approximate surface area is 111 Å². The molecule has 0 aromatic carbocycles. The molecule has 19 heavy (non-hydrogen) atoms. The highest BCUT2D eigenvalue weighted by molar-refractivity contribution is 5.62.